The second-order valence-electron chi connectivity index (χ2n) is 4.83. The van der Waals surface area contributed by atoms with Gasteiger partial charge < -0.3 is 24.8 Å². The molecule has 0 heterocycles. The van der Waals surface area contributed by atoms with Crippen molar-refractivity contribution >= 4 is 14.0 Å². The van der Waals surface area contributed by atoms with Crippen molar-refractivity contribution < 1.29 is 49.5 Å². The molecular weight excluding hydrogens is 366 g/mol. The summed E-state index contributed by atoms with van der Waals surface area (Å²) in [6.45, 7) is 0. The van der Waals surface area contributed by atoms with E-state index in [-0.39, 0.29) is 24.8 Å². The van der Waals surface area contributed by atoms with Crippen LogP contribution in [0, 0.1) is 0 Å². The first kappa shape index (κ1) is 15.8. The van der Waals surface area contributed by atoms with Crippen LogP contribution in [-0.4, -0.2) is 0 Å². The van der Waals surface area contributed by atoms with Crippen molar-refractivity contribution in [1.29, 1.82) is 0 Å². The van der Waals surface area contributed by atoms with E-state index in [0.717, 1.165) is 6.42 Å². The number of fused-ring (bicyclic) bond motifs is 5. The fourth-order valence-corrected chi connectivity index (χ4v) is 3.98. The Kier molecular flexibility index (Phi) is 4.74. The summed E-state index contributed by atoms with van der Waals surface area (Å²) in [5, 5.41) is 2.88. The van der Waals surface area contributed by atoms with E-state index in [4.69, 9.17) is 0 Å². The molecule has 0 saturated heterocycles. The molecule has 1 aliphatic rings. The Morgan fingerprint density at radius 3 is 2.40 bits per heavy atom. The van der Waals surface area contributed by atoms with Gasteiger partial charge in [-0.2, -0.15) is 0 Å². The predicted octanol–water partition coefficient (Wildman–Crippen LogP) is -2.41. The predicted molar refractivity (Wildman–Crippen MR) is 71.8 cm³/mol. The molecule has 0 amide bonds. The van der Waals surface area contributed by atoms with Gasteiger partial charge in [-0.3, -0.25) is 0 Å². The molecular formula is C17H11Cl2Zr. The molecule has 4 rings (SSSR count). The topological polar surface area (TPSA) is 0 Å². The zero-order valence-corrected chi connectivity index (χ0v) is 14.6. The zero-order valence-electron chi connectivity index (χ0n) is 10.7. The zero-order chi connectivity index (χ0) is 12.1. The minimum absolute atomic E-state index is 0. The van der Waals surface area contributed by atoms with E-state index in [1.165, 1.54) is 61.0 Å². The molecule has 0 nitrogen and oxygen atoms in total. The standard InChI is InChI=1S/C17H11.2ClH.Zr/c1-3-7-14-12(5-1)9-10-16-15-8-4-2-6-13(15)11-17(14)16;;;/h1-6,8-10H,11H2;2*1H;/q;;;+2/p-2. The molecule has 3 heteroatoms. The quantitative estimate of drug-likeness (QED) is 0.320. The van der Waals surface area contributed by atoms with Gasteiger partial charge in [-0.1, -0.05) is 0 Å². The Balaban J connectivity index is 0.000000735. The summed E-state index contributed by atoms with van der Waals surface area (Å²) in [5.74, 6) is 0. The van der Waals surface area contributed by atoms with Gasteiger partial charge in [-0.25, -0.2) is 0 Å². The molecule has 0 unspecified atom stereocenters. The van der Waals surface area contributed by atoms with Crippen LogP contribution in [0.3, 0.4) is 0 Å². The van der Waals surface area contributed by atoms with Crippen LogP contribution in [0.2, 0.25) is 0 Å². The van der Waals surface area contributed by atoms with Gasteiger partial charge in [0.25, 0.3) is 0 Å². The number of halogens is 2. The molecule has 0 saturated carbocycles. The van der Waals surface area contributed by atoms with Crippen LogP contribution >= 0.6 is 0 Å². The van der Waals surface area contributed by atoms with Crippen molar-refractivity contribution in [2.75, 3.05) is 0 Å². The van der Waals surface area contributed by atoms with Crippen LogP contribution in [0.15, 0.2) is 54.6 Å². The van der Waals surface area contributed by atoms with E-state index in [9.17, 15) is 0 Å². The van der Waals surface area contributed by atoms with Crippen molar-refractivity contribution in [3.63, 3.8) is 0 Å². The molecule has 3 aromatic rings. The van der Waals surface area contributed by atoms with Gasteiger partial charge in [0, 0.05) is 0 Å². The molecule has 20 heavy (non-hydrogen) atoms. The Labute approximate surface area is 146 Å². The molecule has 0 radical (unpaired) electrons. The molecule has 0 N–H and O–H groups in total. The number of rotatable bonds is 0. The third-order valence-electron chi connectivity index (χ3n) is 3.83. The second-order valence-corrected chi connectivity index (χ2v) is 6.15. The summed E-state index contributed by atoms with van der Waals surface area (Å²) in [7, 11) is 0. The van der Waals surface area contributed by atoms with Gasteiger partial charge in [0.1, 0.15) is 0 Å². The molecule has 97 valence electrons. The van der Waals surface area contributed by atoms with Crippen LogP contribution in [0.5, 0.6) is 0 Å². The van der Waals surface area contributed by atoms with E-state index >= 15 is 0 Å². The summed E-state index contributed by atoms with van der Waals surface area (Å²) in [6.07, 6.45) is 1.09. The summed E-state index contributed by atoms with van der Waals surface area (Å²) < 4.78 is 1.48. The molecule has 0 aliphatic heterocycles. The third-order valence-corrected chi connectivity index (χ3v) is 4.85. The molecule has 0 fully saturated rings. The van der Waals surface area contributed by atoms with Gasteiger partial charge in [-0.05, 0) is 0 Å². The van der Waals surface area contributed by atoms with Crippen molar-refractivity contribution in [3.8, 4) is 11.1 Å². The maximum absolute atomic E-state index is 2.29. The average Bonchev–Trinajstić information content (AvgIpc) is 2.77. The SMILES string of the molecule is [Cl-].[Cl-].[Zr+2][c]1cccc2ccc3c(c12)Cc1ccccc1-3. The van der Waals surface area contributed by atoms with E-state index in [1.807, 2.05) is 0 Å². The molecule has 3 aromatic carbocycles. The maximum atomic E-state index is 2.29. The molecule has 0 spiro atoms. The average molecular weight is 377 g/mol. The Morgan fingerprint density at radius 2 is 1.55 bits per heavy atom. The van der Waals surface area contributed by atoms with E-state index in [0.29, 0.717) is 0 Å². The number of benzene rings is 3. The summed E-state index contributed by atoms with van der Waals surface area (Å²) in [6, 6.07) is 20.0. The number of hydrogen-bond donors (Lipinski definition) is 0. The first-order chi connectivity index (χ1) is 8.84. The minimum atomic E-state index is 0. The molecule has 0 atom stereocenters. The van der Waals surface area contributed by atoms with Crippen LogP contribution in [0.25, 0.3) is 21.9 Å². The van der Waals surface area contributed by atoms with Crippen LogP contribution < -0.4 is 28.1 Å². The van der Waals surface area contributed by atoms with Crippen molar-refractivity contribution in [1.82, 2.24) is 0 Å². The summed E-state index contributed by atoms with van der Waals surface area (Å²) >= 11 is 1.50. The van der Waals surface area contributed by atoms with E-state index < -0.39 is 0 Å². The van der Waals surface area contributed by atoms with Crippen LogP contribution in [-0.2, 0) is 31.1 Å². The normalized spacial score (nSPS) is 11.3. The fourth-order valence-electron chi connectivity index (χ4n) is 3.02. The van der Waals surface area contributed by atoms with Gasteiger partial charge in [-0.15, -0.1) is 0 Å². The first-order valence-corrected chi connectivity index (χ1v) is 7.42. The third kappa shape index (κ3) is 2.27. The van der Waals surface area contributed by atoms with E-state index in [1.54, 1.807) is 0 Å². The van der Waals surface area contributed by atoms with Gasteiger partial charge in [0.15, 0.2) is 0 Å². The Morgan fingerprint density at radius 1 is 0.750 bits per heavy atom. The van der Waals surface area contributed by atoms with Crippen molar-refractivity contribution in [2.24, 2.45) is 0 Å². The van der Waals surface area contributed by atoms with Gasteiger partial charge in [0.05, 0.1) is 0 Å². The van der Waals surface area contributed by atoms with Crippen molar-refractivity contribution in [2.45, 2.75) is 6.42 Å². The first-order valence-electron chi connectivity index (χ1n) is 6.19. The Hall–Kier alpha value is -0.617. The van der Waals surface area contributed by atoms with Crippen LogP contribution in [0.4, 0.5) is 0 Å². The summed E-state index contributed by atoms with van der Waals surface area (Å²) in [5.41, 5.74) is 5.86. The molecule has 0 aromatic heterocycles. The van der Waals surface area contributed by atoms with Crippen LogP contribution in [0.1, 0.15) is 11.1 Å². The molecule has 1 aliphatic carbocycles. The second kappa shape index (κ2) is 6.02. The Bertz CT molecular complexity index is 781. The number of hydrogen-bond acceptors (Lipinski definition) is 0. The monoisotopic (exact) mass is 375 g/mol. The fraction of sp³-hybridized carbons (Fsp3) is 0.0588. The van der Waals surface area contributed by atoms with Gasteiger partial charge in [0.2, 0.25) is 0 Å². The molecule has 0 bridgehead atoms. The van der Waals surface area contributed by atoms with E-state index in [2.05, 4.69) is 54.6 Å². The summed E-state index contributed by atoms with van der Waals surface area (Å²) in [4.78, 5) is 0. The van der Waals surface area contributed by atoms with Gasteiger partial charge >= 0.3 is 122 Å². The van der Waals surface area contributed by atoms with Crippen molar-refractivity contribution in [3.05, 3.63) is 65.7 Å².